The Bertz CT molecular complexity index is 205. The van der Waals surface area contributed by atoms with E-state index in [1.54, 1.807) is 6.20 Å². The first kappa shape index (κ1) is 14.8. The van der Waals surface area contributed by atoms with E-state index < -0.39 is 5.97 Å². The number of carbonyl (C=O) groups is 1. The van der Waals surface area contributed by atoms with Crippen molar-refractivity contribution in [3.63, 3.8) is 0 Å². The van der Waals surface area contributed by atoms with Crippen molar-refractivity contribution in [1.82, 2.24) is 0 Å². The molecule has 0 aliphatic carbocycles. The number of hydrogen-bond acceptors (Lipinski definition) is 3. The summed E-state index contributed by atoms with van der Waals surface area (Å²) in [5.74, 6) is -1.08. The number of rotatable bonds is 0. The normalized spacial score (nSPS) is 12.6. The molecule has 0 atom stereocenters. The van der Waals surface area contributed by atoms with Gasteiger partial charge in [0.15, 0.2) is 0 Å². The maximum absolute atomic E-state index is 8.89. The zero-order valence-electron chi connectivity index (χ0n) is 7.41. The zero-order valence-corrected chi connectivity index (χ0v) is 10.5. The molecule has 3 nitrogen and oxygen atoms in total. The Labute approximate surface area is 115 Å². The van der Waals surface area contributed by atoms with Crippen LogP contribution in [0.15, 0.2) is 29.4 Å². The average Bonchev–Trinajstić information content (AvgIpc) is 1.87. The Hall–Kier alpha value is 0.256. The first-order valence-electron chi connectivity index (χ1n) is 3.16. The minimum Gasteiger partial charge on any atom is -0.550 e. The molecule has 1 aliphatic rings. The van der Waals surface area contributed by atoms with E-state index in [1.807, 2.05) is 12.3 Å². The second-order valence-electron chi connectivity index (χ2n) is 2.00. The van der Waals surface area contributed by atoms with Gasteiger partial charge in [0.25, 0.3) is 0 Å². The summed E-state index contributed by atoms with van der Waals surface area (Å²) in [5, 5.41) is 8.89. The van der Waals surface area contributed by atoms with Crippen molar-refractivity contribution < 1.29 is 61.3 Å². The van der Waals surface area contributed by atoms with E-state index in [0.717, 1.165) is 18.9 Å². The fourth-order valence-electron chi connectivity index (χ4n) is 0.447. The van der Waals surface area contributed by atoms with Gasteiger partial charge in [0.1, 0.15) is 0 Å². The summed E-state index contributed by atoms with van der Waals surface area (Å²) in [6, 6.07) is 0. The predicted molar refractivity (Wildman–Crippen MR) is 42.1 cm³/mol. The molecule has 0 spiro atoms. The summed E-state index contributed by atoms with van der Waals surface area (Å²) in [6.07, 6.45) is 6.44. The molecule has 0 aromatic carbocycles. The molecule has 1 aliphatic heterocycles. The maximum Gasteiger partial charge on any atom is 1.00 e. The van der Waals surface area contributed by atoms with Gasteiger partial charge >= 0.3 is 51.4 Å². The van der Waals surface area contributed by atoms with E-state index in [1.165, 1.54) is 0 Å². The van der Waals surface area contributed by atoms with Crippen LogP contribution < -0.4 is 56.5 Å². The number of carboxylic acid groups (broad SMARTS) is 1. The van der Waals surface area contributed by atoms with Crippen molar-refractivity contribution >= 4 is 12.2 Å². The fourth-order valence-corrected chi connectivity index (χ4v) is 0.447. The Balaban J connectivity index is 0. The van der Waals surface area contributed by atoms with E-state index in [-0.39, 0.29) is 51.4 Å². The van der Waals surface area contributed by atoms with E-state index in [0.29, 0.717) is 0 Å². The first-order valence-corrected chi connectivity index (χ1v) is 3.16. The molecule has 1 rings (SSSR count). The van der Waals surface area contributed by atoms with Crippen LogP contribution in [0.4, 0.5) is 0 Å². The fraction of sp³-hybridized carbons (Fsp3) is 0.250. The minimum absolute atomic E-state index is 0. The molecule has 0 N–H and O–H groups in total. The summed E-state index contributed by atoms with van der Waals surface area (Å²) >= 11 is 0. The van der Waals surface area contributed by atoms with Crippen molar-refractivity contribution in [3.05, 3.63) is 24.4 Å². The van der Waals surface area contributed by atoms with Crippen molar-refractivity contribution in [2.24, 2.45) is 4.99 Å². The minimum atomic E-state index is -1.08. The van der Waals surface area contributed by atoms with E-state index in [9.17, 15) is 0 Å². The van der Waals surface area contributed by atoms with Crippen LogP contribution in [0.2, 0.25) is 0 Å². The monoisotopic (exact) mass is 191 g/mol. The number of carbonyl (C=O) groups excluding carboxylic acids is 1. The largest absolute Gasteiger partial charge is 1.00 e. The van der Waals surface area contributed by atoms with Crippen LogP contribution in [0.1, 0.15) is 13.3 Å². The second kappa shape index (κ2) is 9.35. The van der Waals surface area contributed by atoms with Gasteiger partial charge in [-0.25, -0.2) is 0 Å². The predicted octanol–water partition coefficient (Wildman–Crippen LogP) is -2.71. The Morgan fingerprint density at radius 1 is 1.75 bits per heavy atom. The quantitative estimate of drug-likeness (QED) is 0.391. The Morgan fingerprint density at radius 2 is 2.25 bits per heavy atom. The van der Waals surface area contributed by atoms with Crippen LogP contribution in [0.25, 0.3) is 0 Å². The number of aliphatic imine (C=N–C) groups is 1. The standard InChI is InChI=1S/C6H7N.C2H4O2.K/c1-6-2-4-7-5-3-6;1-2(3)4;/h2,4-5H,1,3H2;1H3,(H,3,4);/q;;+1/p-1. The number of nitrogens with zero attached hydrogens (tertiary/aromatic N) is 1. The summed E-state index contributed by atoms with van der Waals surface area (Å²) in [4.78, 5) is 12.8. The number of carboxylic acids is 1. The van der Waals surface area contributed by atoms with Gasteiger partial charge in [0, 0.05) is 24.8 Å². The van der Waals surface area contributed by atoms with Gasteiger partial charge in [0.05, 0.1) is 0 Å². The second-order valence-corrected chi connectivity index (χ2v) is 2.00. The summed E-state index contributed by atoms with van der Waals surface area (Å²) in [5.41, 5.74) is 1.13. The molecule has 0 aromatic heterocycles. The van der Waals surface area contributed by atoms with Crippen LogP contribution in [-0.2, 0) is 4.79 Å². The Kier molecular flexibility index (Phi) is 11.5. The molecule has 1 heterocycles. The van der Waals surface area contributed by atoms with Crippen LogP contribution >= 0.6 is 0 Å². The molecule has 0 saturated carbocycles. The molecule has 60 valence electrons. The topological polar surface area (TPSA) is 52.5 Å². The van der Waals surface area contributed by atoms with Gasteiger partial charge in [-0.1, -0.05) is 6.58 Å². The average molecular weight is 191 g/mol. The van der Waals surface area contributed by atoms with Gasteiger partial charge in [-0.05, 0) is 18.6 Å². The van der Waals surface area contributed by atoms with Gasteiger partial charge < -0.3 is 9.90 Å². The van der Waals surface area contributed by atoms with Crippen LogP contribution in [0, 0.1) is 0 Å². The van der Waals surface area contributed by atoms with Gasteiger partial charge in [-0.2, -0.15) is 0 Å². The van der Waals surface area contributed by atoms with Crippen LogP contribution in [0.3, 0.4) is 0 Å². The molecule has 0 bridgehead atoms. The van der Waals surface area contributed by atoms with Gasteiger partial charge in [-0.15, -0.1) is 0 Å². The molecule has 0 unspecified atom stereocenters. The molecule has 0 aromatic rings. The van der Waals surface area contributed by atoms with Crippen LogP contribution in [-0.4, -0.2) is 12.2 Å². The summed E-state index contributed by atoms with van der Waals surface area (Å²) in [6.45, 7) is 4.71. The smallest absolute Gasteiger partial charge is 0.550 e. The third-order valence-corrected chi connectivity index (χ3v) is 0.855. The number of hydrogen-bond donors (Lipinski definition) is 0. The molecule has 0 fully saturated rings. The van der Waals surface area contributed by atoms with Crippen molar-refractivity contribution in [1.29, 1.82) is 0 Å². The van der Waals surface area contributed by atoms with Gasteiger partial charge in [0.2, 0.25) is 0 Å². The molecule has 4 heteroatoms. The van der Waals surface area contributed by atoms with E-state index in [4.69, 9.17) is 9.90 Å². The summed E-state index contributed by atoms with van der Waals surface area (Å²) in [7, 11) is 0. The number of allylic oxidation sites excluding steroid dienone is 2. The van der Waals surface area contributed by atoms with E-state index >= 15 is 0 Å². The van der Waals surface area contributed by atoms with Crippen molar-refractivity contribution in [3.8, 4) is 0 Å². The molecular weight excluding hydrogens is 181 g/mol. The third-order valence-electron chi connectivity index (χ3n) is 0.855. The molecule has 0 saturated heterocycles. The Morgan fingerprint density at radius 3 is 2.42 bits per heavy atom. The van der Waals surface area contributed by atoms with E-state index in [2.05, 4.69) is 11.6 Å². The third kappa shape index (κ3) is 12.9. The molecule has 12 heavy (non-hydrogen) atoms. The van der Waals surface area contributed by atoms with Crippen LogP contribution in [0.5, 0.6) is 0 Å². The van der Waals surface area contributed by atoms with Gasteiger partial charge in [-0.3, -0.25) is 4.99 Å². The zero-order chi connectivity index (χ0) is 8.69. The maximum atomic E-state index is 8.89. The number of aliphatic carboxylic acids is 1. The molecular formula is C8H10KNO2. The van der Waals surface area contributed by atoms with Crippen molar-refractivity contribution in [2.75, 3.05) is 0 Å². The SMILES string of the molecule is C=C1C=CN=CC1.CC(=O)[O-].[K+]. The van der Waals surface area contributed by atoms with Crippen molar-refractivity contribution in [2.45, 2.75) is 13.3 Å². The first-order chi connectivity index (χ1) is 5.13. The molecule has 0 amide bonds. The summed E-state index contributed by atoms with van der Waals surface area (Å²) < 4.78 is 0. The molecule has 0 radical (unpaired) electrons.